The highest BCUT2D eigenvalue weighted by Crippen LogP contribution is 2.18. The molecule has 0 bridgehead atoms. The fourth-order valence-electron chi connectivity index (χ4n) is 2.34. The number of rotatable bonds is 7. The maximum absolute atomic E-state index is 12.2. The second kappa shape index (κ2) is 7.43. The molecule has 1 saturated heterocycles. The van der Waals surface area contributed by atoms with Gasteiger partial charge in [-0.2, -0.15) is 17.4 Å². The van der Waals surface area contributed by atoms with Crippen molar-refractivity contribution in [2.24, 2.45) is 11.7 Å². The fourth-order valence-corrected chi connectivity index (χ4v) is 3.89. The van der Waals surface area contributed by atoms with E-state index >= 15 is 0 Å². The van der Waals surface area contributed by atoms with Gasteiger partial charge >= 0.3 is 0 Å². The highest BCUT2D eigenvalue weighted by atomic mass is 32.2. The Morgan fingerprint density at radius 2 is 2.22 bits per heavy atom. The van der Waals surface area contributed by atoms with E-state index < -0.39 is 10.2 Å². The first kappa shape index (κ1) is 15.9. The van der Waals surface area contributed by atoms with E-state index in [0.29, 0.717) is 25.6 Å². The third kappa shape index (κ3) is 4.84. The zero-order chi connectivity index (χ0) is 13.6. The van der Waals surface area contributed by atoms with Crippen molar-refractivity contribution in [2.45, 2.75) is 52.0 Å². The van der Waals surface area contributed by atoms with Gasteiger partial charge in [-0.3, -0.25) is 0 Å². The standard InChI is InChI=1S/C12H27N3O2S/c1-3-4-6-11(2)14-18(16,17)15-8-5-7-12(9-13)10-15/h11-12,14H,3-10,13H2,1-2H3. The summed E-state index contributed by atoms with van der Waals surface area (Å²) in [4.78, 5) is 0. The molecule has 18 heavy (non-hydrogen) atoms. The van der Waals surface area contributed by atoms with Crippen LogP contribution in [0.2, 0.25) is 0 Å². The zero-order valence-corrected chi connectivity index (χ0v) is 12.4. The summed E-state index contributed by atoms with van der Waals surface area (Å²) in [7, 11) is -3.33. The molecule has 1 fully saturated rings. The molecular formula is C12H27N3O2S. The number of nitrogens with two attached hydrogens (primary N) is 1. The van der Waals surface area contributed by atoms with Crippen LogP contribution in [-0.4, -0.2) is 38.4 Å². The van der Waals surface area contributed by atoms with Crippen molar-refractivity contribution < 1.29 is 8.42 Å². The van der Waals surface area contributed by atoms with Crippen LogP contribution in [0.1, 0.15) is 46.0 Å². The number of hydrogen-bond acceptors (Lipinski definition) is 3. The van der Waals surface area contributed by atoms with E-state index in [1.807, 2.05) is 6.92 Å². The van der Waals surface area contributed by atoms with Crippen molar-refractivity contribution in [1.82, 2.24) is 9.03 Å². The van der Waals surface area contributed by atoms with Crippen LogP contribution in [0.3, 0.4) is 0 Å². The second-order valence-corrected chi connectivity index (χ2v) is 6.97. The first-order valence-corrected chi connectivity index (χ1v) is 8.41. The average molecular weight is 277 g/mol. The fraction of sp³-hybridized carbons (Fsp3) is 1.00. The van der Waals surface area contributed by atoms with Crippen LogP contribution in [0, 0.1) is 5.92 Å². The summed E-state index contributed by atoms with van der Waals surface area (Å²) in [6, 6.07) is 0.00760. The van der Waals surface area contributed by atoms with Gasteiger partial charge in [0.25, 0.3) is 10.2 Å². The summed E-state index contributed by atoms with van der Waals surface area (Å²) in [6.07, 6.45) is 4.98. The van der Waals surface area contributed by atoms with E-state index in [1.165, 1.54) is 0 Å². The Hall–Kier alpha value is -0.170. The summed E-state index contributed by atoms with van der Waals surface area (Å²) < 4.78 is 28.7. The second-order valence-electron chi connectivity index (χ2n) is 5.27. The minimum absolute atomic E-state index is 0.00760. The van der Waals surface area contributed by atoms with Crippen LogP contribution in [0.25, 0.3) is 0 Å². The summed E-state index contributed by atoms with van der Waals surface area (Å²) in [6.45, 7) is 5.78. The predicted molar refractivity (Wildman–Crippen MR) is 74.4 cm³/mol. The number of hydrogen-bond donors (Lipinski definition) is 2. The van der Waals surface area contributed by atoms with Gasteiger partial charge in [-0.05, 0) is 38.6 Å². The van der Waals surface area contributed by atoms with Crippen LogP contribution in [0.4, 0.5) is 0 Å². The van der Waals surface area contributed by atoms with Crippen molar-refractivity contribution >= 4 is 10.2 Å². The number of nitrogens with one attached hydrogen (secondary N) is 1. The maximum Gasteiger partial charge on any atom is 0.279 e. The first-order valence-electron chi connectivity index (χ1n) is 6.97. The molecule has 0 aromatic heterocycles. The smallest absolute Gasteiger partial charge is 0.279 e. The Kier molecular flexibility index (Phi) is 6.55. The normalized spacial score (nSPS) is 24.1. The van der Waals surface area contributed by atoms with Crippen molar-refractivity contribution in [1.29, 1.82) is 0 Å². The summed E-state index contributed by atoms with van der Waals surface area (Å²) in [5.41, 5.74) is 5.63. The Morgan fingerprint density at radius 1 is 1.50 bits per heavy atom. The van der Waals surface area contributed by atoms with E-state index in [2.05, 4.69) is 11.6 Å². The van der Waals surface area contributed by atoms with Gasteiger partial charge in [0.1, 0.15) is 0 Å². The molecule has 0 radical (unpaired) electrons. The van der Waals surface area contributed by atoms with E-state index in [9.17, 15) is 8.42 Å². The minimum Gasteiger partial charge on any atom is -0.330 e. The van der Waals surface area contributed by atoms with Crippen LogP contribution in [0.5, 0.6) is 0 Å². The number of unbranched alkanes of at least 4 members (excludes halogenated alkanes) is 1. The SMILES string of the molecule is CCCCC(C)NS(=O)(=O)N1CCCC(CN)C1. The molecule has 108 valence electrons. The van der Waals surface area contributed by atoms with Crippen molar-refractivity contribution in [3.63, 3.8) is 0 Å². The van der Waals surface area contributed by atoms with Crippen molar-refractivity contribution in [3.8, 4) is 0 Å². The van der Waals surface area contributed by atoms with E-state index in [0.717, 1.165) is 32.1 Å². The monoisotopic (exact) mass is 277 g/mol. The molecule has 0 spiro atoms. The molecule has 0 aliphatic carbocycles. The van der Waals surface area contributed by atoms with E-state index in [-0.39, 0.29) is 6.04 Å². The van der Waals surface area contributed by atoms with Gasteiger partial charge in [-0.15, -0.1) is 0 Å². The van der Waals surface area contributed by atoms with Gasteiger partial charge in [0.2, 0.25) is 0 Å². The van der Waals surface area contributed by atoms with Gasteiger partial charge in [0.15, 0.2) is 0 Å². The highest BCUT2D eigenvalue weighted by molar-refractivity contribution is 7.87. The lowest BCUT2D eigenvalue weighted by Crippen LogP contribution is -2.49. The zero-order valence-electron chi connectivity index (χ0n) is 11.6. The molecule has 6 heteroatoms. The molecule has 2 unspecified atom stereocenters. The lowest BCUT2D eigenvalue weighted by Gasteiger charge is -2.32. The largest absolute Gasteiger partial charge is 0.330 e. The molecule has 2 atom stereocenters. The predicted octanol–water partition coefficient (Wildman–Crippen LogP) is 1.07. The topological polar surface area (TPSA) is 75.4 Å². The van der Waals surface area contributed by atoms with Crippen LogP contribution >= 0.6 is 0 Å². The first-order chi connectivity index (χ1) is 8.49. The van der Waals surface area contributed by atoms with Gasteiger partial charge < -0.3 is 5.73 Å². The molecule has 0 aromatic rings. The molecule has 0 amide bonds. The summed E-state index contributed by atoms with van der Waals surface area (Å²) in [5, 5.41) is 0. The Balaban J connectivity index is 2.51. The molecule has 1 aliphatic heterocycles. The maximum atomic E-state index is 12.2. The molecule has 0 aromatic carbocycles. The van der Waals surface area contributed by atoms with E-state index in [1.54, 1.807) is 4.31 Å². The quantitative estimate of drug-likeness (QED) is 0.731. The Bertz CT molecular complexity index is 332. The number of nitrogens with zero attached hydrogens (tertiary/aromatic N) is 1. The van der Waals surface area contributed by atoms with Gasteiger partial charge in [-0.1, -0.05) is 19.8 Å². The Morgan fingerprint density at radius 3 is 2.83 bits per heavy atom. The number of piperidine rings is 1. The summed E-state index contributed by atoms with van der Waals surface area (Å²) >= 11 is 0. The third-order valence-corrected chi connectivity index (χ3v) is 5.21. The lowest BCUT2D eigenvalue weighted by atomic mass is 10.0. The highest BCUT2D eigenvalue weighted by Gasteiger charge is 2.28. The minimum atomic E-state index is -3.33. The van der Waals surface area contributed by atoms with E-state index in [4.69, 9.17) is 5.73 Å². The third-order valence-electron chi connectivity index (χ3n) is 3.50. The van der Waals surface area contributed by atoms with Gasteiger partial charge in [0.05, 0.1) is 0 Å². The van der Waals surface area contributed by atoms with Crippen LogP contribution < -0.4 is 10.5 Å². The average Bonchev–Trinajstić information content (AvgIpc) is 2.36. The summed E-state index contributed by atoms with van der Waals surface area (Å²) in [5.74, 6) is 0.307. The van der Waals surface area contributed by atoms with Crippen LogP contribution in [-0.2, 0) is 10.2 Å². The van der Waals surface area contributed by atoms with Gasteiger partial charge in [-0.25, -0.2) is 0 Å². The lowest BCUT2D eigenvalue weighted by molar-refractivity contribution is 0.267. The Labute approximate surface area is 111 Å². The molecule has 5 nitrogen and oxygen atoms in total. The molecule has 3 N–H and O–H groups in total. The molecule has 1 aliphatic rings. The molecule has 0 saturated carbocycles. The molecular weight excluding hydrogens is 250 g/mol. The van der Waals surface area contributed by atoms with Crippen molar-refractivity contribution in [2.75, 3.05) is 19.6 Å². The van der Waals surface area contributed by atoms with Crippen LogP contribution in [0.15, 0.2) is 0 Å². The van der Waals surface area contributed by atoms with Crippen molar-refractivity contribution in [3.05, 3.63) is 0 Å². The van der Waals surface area contributed by atoms with Gasteiger partial charge in [0, 0.05) is 19.1 Å². The molecule has 1 rings (SSSR count). The molecule has 1 heterocycles.